The van der Waals surface area contributed by atoms with Gasteiger partial charge in [0.25, 0.3) is 0 Å². The molecule has 2 atom stereocenters. The Bertz CT molecular complexity index is 378. The Hall–Kier alpha value is -0.520. The number of nitrogens with zero attached hydrogens (tertiary/aromatic N) is 1. The van der Waals surface area contributed by atoms with E-state index in [0.29, 0.717) is 0 Å². The van der Waals surface area contributed by atoms with Crippen LogP contribution in [0.1, 0.15) is 17.2 Å². The first-order chi connectivity index (χ1) is 8.09. The molecule has 1 amide bonds. The van der Waals surface area contributed by atoms with E-state index in [0.717, 1.165) is 13.1 Å². The molecule has 1 N–H and O–H groups in total. The Morgan fingerprint density at radius 2 is 2.24 bits per heavy atom. The minimum Gasteiger partial charge on any atom is -0.338 e. The van der Waals surface area contributed by atoms with Crippen molar-refractivity contribution in [3.8, 4) is 0 Å². The lowest BCUT2D eigenvalue weighted by molar-refractivity contribution is -0.857. The van der Waals surface area contributed by atoms with Gasteiger partial charge in [-0.3, -0.25) is 4.79 Å². The highest BCUT2D eigenvalue weighted by atomic mass is 32.2. The Labute approximate surface area is 111 Å². The van der Waals surface area contributed by atoms with E-state index in [1.807, 2.05) is 11.8 Å². The third-order valence-corrected chi connectivity index (χ3v) is 5.34. The van der Waals surface area contributed by atoms with Crippen LogP contribution in [0, 0.1) is 0 Å². The van der Waals surface area contributed by atoms with Crippen LogP contribution < -0.4 is 4.90 Å². The summed E-state index contributed by atoms with van der Waals surface area (Å²) in [5, 5.41) is 2.41. The Balaban J connectivity index is 2.11. The van der Waals surface area contributed by atoms with Crippen molar-refractivity contribution in [2.75, 3.05) is 27.2 Å². The Kier molecular flexibility index (Phi) is 4.12. The summed E-state index contributed by atoms with van der Waals surface area (Å²) in [5.41, 5.74) is 0. The standard InChI is InChI=1S/C12H18N2OS2/c1-9-11(15)14(7-6-13(2)3)12(17-9)10-5-4-8-16-10/h4-5,8-9,12H,6-7H2,1-3H3/p+1/t9-,12-/m1/s1. The first-order valence-electron chi connectivity index (χ1n) is 5.88. The molecule has 5 heteroatoms. The van der Waals surface area contributed by atoms with Gasteiger partial charge in [0.05, 0.1) is 32.4 Å². The molecule has 1 fully saturated rings. The summed E-state index contributed by atoms with van der Waals surface area (Å²) in [6.07, 6.45) is 0. The molecule has 1 aliphatic rings. The second kappa shape index (κ2) is 5.42. The summed E-state index contributed by atoms with van der Waals surface area (Å²) in [5.74, 6) is 0.287. The van der Waals surface area contributed by atoms with Crippen molar-refractivity contribution >= 4 is 29.0 Å². The van der Waals surface area contributed by atoms with E-state index >= 15 is 0 Å². The zero-order valence-corrected chi connectivity index (χ0v) is 12.1. The third kappa shape index (κ3) is 2.84. The van der Waals surface area contributed by atoms with E-state index in [4.69, 9.17) is 0 Å². The van der Waals surface area contributed by atoms with Crippen molar-refractivity contribution < 1.29 is 9.69 Å². The number of amides is 1. The number of hydrogen-bond donors (Lipinski definition) is 1. The van der Waals surface area contributed by atoms with Gasteiger partial charge in [0.1, 0.15) is 5.37 Å². The summed E-state index contributed by atoms with van der Waals surface area (Å²) in [7, 11) is 4.24. The molecular weight excluding hydrogens is 252 g/mol. The SMILES string of the molecule is C[C@H]1S[C@H](c2cccs2)N(CC[NH+](C)C)C1=O. The van der Waals surface area contributed by atoms with E-state index in [9.17, 15) is 4.79 Å². The Morgan fingerprint density at radius 1 is 1.47 bits per heavy atom. The van der Waals surface area contributed by atoms with E-state index in [-0.39, 0.29) is 16.5 Å². The van der Waals surface area contributed by atoms with Gasteiger partial charge in [0.15, 0.2) is 0 Å². The zero-order chi connectivity index (χ0) is 12.4. The lowest BCUT2D eigenvalue weighted by Crippen LogP contribution is -3.06. The number of carbonyl (C=O) groups excluding carboxylic acids is 1. The fraction of sp³-hybridized carbons (Fsp3) is 0.583. The minimum atomic E-state index is 0.0965. The molecule has 0 aliphatic carbocycles. The van der Waals surface area contributed by atoms with Gasteiger partial charge in [-0.1, -0.05) is 6.07 Å². The lowest BCUT2D eigenvalue weighted by Gasteiger charge is -2.23. The second-order valence-electron chi connectivity index (χ2n) is 4.63. The van der Waals surface area contributed by atoms with E-state index < -0.39 is 0 Å². The van der Waals surface area contributed by atoms with E-state index in [1.54, 1.807) is 23.1 Å². The number of nitrogens with one attached hydrogen (secondary N) is 1. The quantitative estimate of drug-likeness (QED) is 0.878. The molecule has 2 rings (SSSR count). The summed E-state index contributed by atoms with van der Waals surface area (Å²) in [6.45, 7) is 3.86. The van der Waals surface area contributed by atoms with E-state index in [1.165, 1.54) is 9.78 Å². The molecule has 0 radical (unpaired) electrons. The van der Waals surface area contributed by atoms with Gasteiger partial charge in [-0.15, -0.1) is 23.1 Å². The number of quaternary nitrogens is 1. The average Bonchev–Trinajstić information content (AvgIpc) is 2.87. The minimum absolute atomic E-state index is 0.0965. The molecule has 1 saturated heterocycles. The smallest absolute Gasteiger partial charge is 0.236 e. The molecule has 0 aromatic carbocycles. The summed E-state index contributed by atoms with van der Waals surface area (Å²) in [4.78, 5) is 16.8. The highest BCUT2D eigenvalue weighted by Gasteiger charge is 2.38. The van der Waals surface area contributed by atoms with Gasteiger partial charge >= 0.3 is 0 Å². The molecule has 2 heterocycles. The van der Waals surface area contributed by atoms with Crippen LogP contribution in [-0.4, -0.2) is 43.2 Å². The Morgan fingerprint density at radius 3 is 2.82 bits per heavy atom. The summed E-state index contributed by atoms with van der Waals surface area (Å²) < 4.78 is 0. The molecule has 0 unspecified atom stereocenters. The van der Waals surface area contributed by atoms with Gasteiger partial charge in [-0.2, -0.15) is 0 Å². The van der Waals surface area contributed by atoms with Crippen molar-refractivity contribution in [3.05, 3.63) is 22.4 Å². The maximum atomic E-state index is 12.1. The second-order valence-corrected chi connectivity index (χ2v) is 7.04. The normalized spacial score (nSPS) is 24.9. The number of thioether (sulfide) groups is 1. The van der Waals surface area contributed by atoms with Crippen molar-refractivity contribution in [1.29, 1.82) is 0 Å². The number of carbonyl (C=O) groups is 1. The van der Waals surface area contributed by atoms with E-state index in [2.05, 4.69) is 31.6 Å². The molecule has 3 nitrogen and oxygen atoms in total. The molecule has 17 heavy (non-hydrogen) atoms. The fourth-order valence-electron chi connectivity index (χ4n) is 1.90. The summed E-state index contributed by atoms with van der Waals surface area (Å²) in [6, 6.07) is 4.19. The first-order valence-corrected chi connectivity index (χ1v) is 7.70. The van der Waals surface area contributed by atoms with Crippen molar-refractivity contribution in [2.24, 2.45) is 0 Å². The van der Waals surface area contributed by atoms with Crippen LogP contribution in [0.15, 0.2) is 17.5 Å². The molecule has 1 aliphatic heterocycles. The third-order valence-electron chi connectivity index (χ3n) is 2.89. The first kappa shape index (κ1) is 12.9. The van der Waals surface area contributed by atoms with Crippen LogP contribution in [0.25, 0.3) is 0 Å². The highest BCUT2D eigenvalue weighted by Crippen LogP contribution is 2.43. The number of likely N-dealkylation sites (N-methyl/N-ethyl adjacent to an activating group) is 1. The maximum Gasteiger partial charge on any atom is 0.236 e. The molecule has 0 bridgehead atoms. The molecular formula is C12H19N2OS2+. The van der Waals surface area contributed by atoms with Crippen molar-refractivity contribution in [3.63, 3.8) is 0 Å². The van der Waals surface area contributed by atoms with Crippen LogP contribution in [-0.2, 0) is 4.79 Å². The molecule has 0 spiro atoms. The fourth-order valence-corrected chi connectivity index (χ4v) is 4.15. The predicted molar refractivity (Wildman–Crippen MR) is 73.5 cm³/mol. The maximum absolute atomic E-state index is 12.1. The van der Waals surface area contributed by atoms with Crippen molar-refractivity contribution in [2.45, 2.75) is 17.5 Å². The average molecular weight is 271 g/mol. The number of rotatable bonds is 4. The zero-order valence-electron chi connectivity index (χ0n) is 10.5. The van der Waals surface area contributed by atoms with Crippen LogP contribution >= 0.6 is 23.1 Å². The topological polar surface area (TPSA) is 24.8 Å². The van der Waals surface area contributed by atoms with Gasteiger partial charge in [-0.05, 0) is 18.4 Å². The summed E-state index contributed by atoms with van der Waals surface area (Å²) >= 11 is 3.51. The largest absolute Gasteiger partial charge is 0.338 e. The lowest BCUT2D eigenvalue weighted by atomic mass is 10.3. The van der Waals surface area contributed by atoms with Gasteiger partial charge in [-0.25, -0.2) is 0 Å². The predicted octanol–water partition coefficient (Wildman–Crippen LogP) is 0.855. The van der Waals surface area contributed by atoms with Crippen LogP contribution in [0.3, 0.4) is 0 Å². The van der Waals surface area contributed by atoms with Crippen LogP contribution in [0.5, 0.6) is 0 Å². The highest BCUT2D eigenvalue weighted by molar-refractivity contribution is 8.01. The van der Waals surface area contributed by atoms with Gasteiger partial charge in [0.2, 0.25) is 5.91 Å². The number of hydrogen-bond acceptors (Lipinski definition) is 3. The molecule has 1 aromatic rings. The van der Waals surface area contributed by atoms with Gasteiger partial charge < -0.3 is 9.80 Å². The molecule has 0 saturated carbocycles. The van der Waals surface area contributed by atoms with Gasteiger partial charge in [0, 0.05) is 4.88 Å². The molecule has 1 aromatic heterocycles. The van der Waals surface area contributed by atoms with Crippen molar-refractivity contribution in [1.82, 2.24) is 4.90 Å². The van der Waals surface area contributed by atoms with Crippen LogP contribution in [0.2, 0.25) is 0 Å². The van der Waals surface area contributed by atoms with Crippen LogP contribution in [0.4, 0.5) is 0 Å². The number of thiophene rings is 1. The monoisotopic (exact) mass is 271 g/mol. The molecule has 94 valence electrons.